The number of ether oxygens (including phenoxy) is 2. The lowest BCUT2D eigenvalue weighted by molar-refractivity contribution is 0.121. The minimum Gasteiger partial charge on any atom is -0.497 e. The summed E-state index contributed by atoms with van der Waals surface area (Å²) in [7, 11) is 3.39. The fraction of sp³-hybridized carbons (Fsp3) is 0.421. The van der Waals surface area contributed by atoms with E-state index in [-0.39, 0.29) is 0 Å². The molecule has 128 valence electrons. The summed E-state index contributed by atoms with van der Waals surface area (Å²) in [5, 5.41) is 0. The number of aromatic nitrogens is 1. The molecule has 1 aromatic heterocycles. The molecule has 0 spiro atoms. The lowest BCUT2D eigenvalue weighted by Gasteiger charge is -2.34. The van der Waals surface area contributed by atoms with E-state index in [0.717, 1.165) is 50.8 Å². The van der Waals surface area contributed by atoms with Gasteiger partial charge in [-0.25, -0.2) is 0 Å². The van der Waals surface area contributed by atoms with E-state index in [4.69, 9.17) is 9.47 Å². The zero-order chi connectivity index (χ0) is 16.8. The SMILES string of the molecule is COc1ccc(CN2CCN(Cc3cccnc3)CC2)c(OC)c1. The van der Waals surface area contributed by atoms with Crippen molar-refractivity contribution in [3.05, 3.63) is 53.9 Å². The molecule has 1 aromatic carbocycles. The molecule has 2 heterocycles. The third kappa shape index (κ3) is 4.24. The standard InChI is InChI=1S/C19H25N3O2/c1-23-18-6-5-17(19(12-18)24-2)15-22-10-8-21(9-11-22)14-16-4-3-7-20-13-16/h3-7,12-13H,8-11,14-15H2,1-2H3. The van der Waals surface area contributed by atoms with Crippen molar-refractivity contribution >= 4 is 0 Å². The molecule has 0 aliphatic carbocycles. The van der Waals surface area contributed by atoms with E-state index in [9.17, 15) is 0 Å². The second-order valence-electron chi connectivity index (χ2n) is 6.09. The van der Waals surface area contributed by atoms with Gasteiger partial charge < -0.3 is 9.47 Å². The van der Waals surface area contributed by atoms with Crippen molar-refractivity contribution in [2.45, 2.75) is 13.1 Å². The first-order chi connectivity index (χ1) is 11.8. The molecular formula is C19H25N3O2. The quantitative estimate of drug-likeness (QED) is 0.814. The summed E-state index contributed by atoms with van der Waals surface area (Å²) in [5.41, 5.74) is 2.49. The number of hydrogen-bond donors (Lipinski definition) is 0. The predicted octanol–water partition coefficient (Wildman–Crippen LogP) is 2.42. The van der Waals surface area contributed by atoms with Gasteiger partial charge in [0.15, 0.2) is 0 Å². The topological polar surface area (TPSA) is 37.8 Å². The normalized spacial score (nSPS) is 16.1. The van der Waals surface area contributed by atoms with Crippen LogP contribution < -0.4 is 9.47 Å². The van der Waals surface area contributed by atoms with Gasteiger partial charge in [-0.1, -0.05) is 12.1 Å². The first-order valence-corrected chi connectivity index (χ1v) is 8.33. The van der Waals surface area contributed by atoms with Gasteiger partial charge in [-0.2, -0.15) is 0 Å². The maximum absolute atomic E-state index is 5.51. The highest BCUT2D eigenvalue weighted by Gasteiger charge is 2.18. The Hall–Kier alpha value is -2.11. The van der Waals surface area contributed by atoms with Gasteiger partial charge in [-0.15, -0.1) is 0 Å². The molecule has 5 nitrogen and oxygen atoms in total. The smallest absolute Gasteiger partial charge is 0.127 e. The Bertz CT molecular complexity index is 640. The van der Waals surface area contributed by atoms with Crippen molar-refractivity contribution in [1.82, 2.24) is 14.8 Å². The first kappa shape index (κ1) is 16.7. The Labute approximate surface area is 143 Å². The summed E-state index contributed by atoms with van der Waals surface area (Å²) in [4.78, 5) is 9.15. The van der Waals surface area contributed by atoms with Crippen molar-refractivity contribution in [3.8, 4) is 11.5 Å². The molecule has 0 bridgehead atoms. The predicted molar refractivity (Wildman–Crippen MR) is 94.3 cm³/mol. The lowest BCUT2D eigenvalue weighted by Crippen LogP contribution is -2.45. The van der Waals surface area contributed by atoms with Crippen LogP contribution in [0.1, 0.15) is 11.1 Å². The molecule has 2 aromatic rings. The fourth-order valence-corrected chi connectivity index (χ4v) is 3.08. The Morgan fingerprint density at radius 1 is 0.958 bits per heavy atom. The van der Waals surface area contributed by atoms with E-state index in [0.29, 0.717) is 0 Å². The molecule has 0 saturated carbocycles. The first-order valence-electron chi connectivity index (χ1n) is 8.33. The van der Waals surface area contributed by atoms with Crippen LogP contribution in [-0.4, -0.2) is 55.2 Å². The zero-order valence-corrected chi connectivity index (χ0v) is 14.4. The van der Waals surface area contributed by atoms with Crippen LogP contribution in [0.5, 0.6) is 11.5 Å². The summed E-state index contributed by atoms with van der Waals surface area (Å²) in [6.45, 7) is 6.17. The Balaban J connectivity index is 1.54. The summed E-state index contributed by atoms with van der Waals surface area (Å²) in [6, 6.07) is 10.2. The minimum absolute atomic E-state index is 0.830. The Morgan fingerprint density at radius 3 is 2.33 bits per heavy atom. The molecule has 1 fully saturated rings. The average Bonchev–Trinajstić information content (AvgIpc) is 2.64. The second kappa shape index (κ2) is 8.13. The Morgan fingerprint density at radius 2 is 1.71 bits per heavy atom. The van der Waals surface area contributed by atoms with Gasteiger partial charge in [0, 0.05) is 63.3 Å². The van der Waals surface area contributed by atoms with Gasteiger partial charge in [-0.3, -0.25) is 14.8 Å². The van der Waals surface area contributed by atoms with E-state index >= 15 is 0 Å². The summed E-state index contributed by atoms with van der Waals surface area (Å²) >= 11 is 0. The molecule has 0 atom stereocenters. The largest absolute Gasteiger partial charge is 0.497 e. The number of methoxy groups -OCH3 is 2. The van der Waals surface area contributed by atoms with E-state index in [2.05, 4.69) is 26.9 Å². The van der Waals surface area contributed by atoms with E-state index in [1.807, 2.05) is 30.6 Å². The van der Waals surface area contributed by atoms with E-state index < -0.39 is 0 Å². The van der Waals surface area contributed by atoms with Crippen LogP contribution in [0.4, 0.5) is 0 Å². The number of pyridine rings is 1. The minimum atomic E-state index is 0.830. The van der Waals surface area contributed by atoms with Crippen LogP contribution in [0, 0.1) is 0 Å². The highest BCUT2D eigenvalue weighted by atomic mass is 16.5. The third-order valence-electron chi connectivity index (χ3n) is 4.48. The molecule has 1 aliphatic rings. The summed E-state index contributed by atoms with van der Waals surface area (Å²) in [5.74, 6) is 1.73. The maximum Gasteiger partial charge on any atom is 0.127 e. The third-order valence-corrected chi connectivity index (χ3v) is 4.48. The van der Waals surface area contributed by atoms with Crippen LogP contribution >= 0.6 is 0 Å². The molecular weight excluding hydrogens is 302 g/mol. The number of nitrogens with zero attached hydrogens (tertiary/aromatic N) is 3. The number of benzene rings is 1. The van der Waals surface area contributed by atoms with E-state index in [1.54, 1.807) is 14.2 Å². The van der Waals surface area contributed by atoms with Crippen molar-refractivity contribution in [3.63, 3.8) is 0 Å². The van der Waals surface area contributed by atoms with Gasteiger partial charge >= 0.3 is 0 Å². The Kier molecular flexibility index (Phi) is 5.67. The van der Waals surface area contributed by atoms with Crippen LogP contribution in [-0.2, 0) is 13.1 Å². The molecule has 0 N–H and O–H groups in total. The highest BCUT2D eigenvalue weighted by molar-refractivity contribution is 5.40. The highest BCUT2D eigenvalue weighted by Crippen LogP contribution is 2.26. The number of hydrogen-bond acceptors (Lipinski definition) is 5. The molecule has 0 unspecified atom stereocenters. The molecule has 0 amide bonds. The van der Waals surface area contributed by atoms with Crippen LogP contribution in [0.2, 0.25) is 0 Å². The molecule has 24 heavy (non-hydrogen) atoms. The summed E-state index contributed by atoms with van der Waals surface area (Å²) < 4.78 is 10.8. The molecule has 5 heteroatoms. The van der Waals surface area contributed by atoms with Crippen molar-refractivity contribution < 1.29 is 9.47 Å². The summed E-state index contributed by atoms with van der Waals surface area (Å²) in [6.07, 6.45) is 3.78. The fourth-order valence-electron chi connectivity index (χ4n) is 3.08. The number of piperazine rings is 1. The van der Waals surface area contributed by atoms with Crippen LogP contribution in [0.25, 0.3) is 0 Å². The molecule has 0 radical (unpaired) electrons. The van der Waals surface area contributed by atoms with Gasteiger partial charge in [0.05, 0.1) is 14.2 Å². The van der Waals surface area contributed by atoms with E-state index in [1.165, 1.54) is 11.1 Å². The van der Waals surface area contributed by atoms with Crippen molar-refractivity contribution in [2.24, 2.45) is 0 Å². The average molecular weight is 327 g/mol. The van der Waals surface area contributed by atoms with Gasteiger partial charge in [-0.05, 0) is 17.7 Å². The van der Waals surface area contributed by atoms with Crippen molar-refractivity contribution in [2.75, 3.05) is 40.4 Å². The van der Waals surface area contributed by atoms with Gasteiger partial charge in [0.2, 0.25) is 0 Å². The molecule has 1 aliphatic heterocycles. The maximum atomic E-state index is 5.51. The zero-order valence-electron chi connectivity index (χ0n) is 14.4. The molecule has 1 saturated heterocycles. The van der Waals surface area contributed by atoms with Crippen molar-refractivity contribution in [1.29, 1.82) is 0 Å². The van der Waals surface area contributed by atoms with Gasteiger partial charge in [0.25, 0.3) is 0 Å². The lowest BCUT2D eigenvalue weighted by atomic mass is 10.1. The molecule has 3 rings (SSSR count). The second-order valence-corrected chi connectivity index (χ2v) is 6.09. The van der Waals surface area contributed by atoms with Gasteiger partial charge in [0.1, 0.15) is 11.5 Å². The monoisotopic (exact) mass is 327 g/mol. The number of rotatable bonds is 6. The van der Waals surface area contributed by atoms with Crippen LogP contribution in [0.3, 0.4) is 0 Å². The van der Waals surface area contributed by atoms with Crippen LogP contribution in [0.15, 0.2) is 42.7 Å².